The molecule has 0 saturated carbocycles. The van der Waals surface area contributed by atoms with Crippen LogP contribution in [0.15, 0.2) is 12.1 Å². The molecular weight excluding hydrogens is 442 g/mol. The van der Waals surface area contributed by atoms with Gasteiger partial charge in [-0.15, -0.1) is 11.3 Å². The number of aryl methyl sites for hydroxylation is 2. The number of fused-ring (bicyclic) bond motifs is 1. The summed E-state index contributed by atoms with van der Waals surface area (Å²) in [6, 6.07) is 3.42. The second-order valence-electron chi connectivity index (χ2n) is 8.14. The molecule has 2 N–H and O–H groups in total. The number of quaternary nitrogens is 1. The molecule has 4 rings (SSSR count). The van der Waals surface area contributed by atoms with Crippen LogP contribution in [0.25, 0.3) is 10.2 Å². The van der Waals surface area contributed by atoms with Crippen molar-refractivity contribution in [3.63, 3.8) is 0 Å². The number of likely N-dealkylation sites (N-methyl/N-ethyl adjacent to an activating group) is 1. The number of amides is 1. The van der Waals surface area contributed by atoms with Gasteiger partial charge in [0.25, 0.3) is 5.91 Å². The molecule has 2 aromatic heterocycles. The number of anilines is 2. The van der Waals surface area contributed by atoms with Crippen molar-refractivity contribution in [3.8, 4) is 17.2 Å². The van der Waals surface area contributed by atoms with Crippen molar-refractivity contribution in [2.24, 2.45) is 0 Å². The number of nitrogens with one attached hydrogen (secondary N) is 2. The van der Waals surface area contributed by atoms with Gasteiger partial charge in [-0.3, -0.25) is 4.79 Å². The fourth-order valence-electron chi connectivity index (χ4n) is 4.11. The summed E-state index contributed by atoms with van der Waals surface area (Å²) in [5, 5.41) is 3.93. The molecule has 3 heterocycles. The van der Waals surface area contributed by atoms with Crippen LogP contribution in [0.5, 0.6) is 17.2 Å². The van der Waals surface area contributed by atoms with E-state index in [4.69, 9.17) is 19.2 Å². The van der Waals surface area contributed by atoms with E-state index in [1.165, 1.54) is 16.2 Å². The number of thiophene rings is 1. The summed E-state index contributed by atoms with van der Waals surface area (Å²) < 4.78 is 16.2. The van der Waals surface area contributed by atoms with Crippen molar-refractivity contribution in [1.82, 2.24) is 9.97 Å². The monoisotopic (exact) mass is 472 g/mol. The highest BCUT2D eigenvalue weighted by atomic mass is 32.1. The molecule has 0 unspecified atom stereocenters. The second-order valence-corrected chi connectivity index (χ2v) is 9.14. The van der Waals surface area contributed by atoms with Crippen LogP contribution in [0, 0.1) is 13.8 Å². The first-order chi connectivity index (χ1) is 15.9. The fraction of sp³-hybridized carbons (Fsp3) is 0.435. The van der Waals surface area contributed by atoms with E-state index in [2.05, 4.69) is 22.2 Å². The summed E-state index contributed by atoms with van der Waals surface area (Å²) in [5.41, 5.74) is 1.44. The summed E-state index contributed by atoms with van der Waals surface area (Å²) in [4.78, 5) is 28.0. The minimum Gasteiger partial charge on any atom is -0.493 e. The lowest BCUT2D eigenvalue weighted by molar-refractivity contribution is -0.880. The predicted octanol–water partition coefficient (Wildman–Crippen LogP) is 1.92. The molecule has 0 atom stereocenters. The minimum atomic E-state index is -0.212. The van der Waals surface area contributed by atoms with Gasteiger partial charge in [0.2, 0.25) is 5.75 Å². The minimum absolute atomic E-state index is 0.212. The van der Waals surface area contributed by atoms with Gasteiger partial charge in [-0.1, -0.05) is 0 Å². The van der Waals surface area contributed by atoms with Crippen LogP contribution in [0.4, 0.5) is 11.5 Å². The third-order valence-electron chi connectivity index (χ3n) is 5.93. The number of ether oxygens (including phenoxy) is 3. The number of aromatic nitrogens is 2. The summed E-state index contributed by atoms with van der Waals surface area (Å²) in [6.07, 6.45) is 0. The summed E-state index contributed by atoms with van der Waals surface area (Å²) in [5.74, 6) is 2.84. The van der Waals surface area contributed by atoms with Crippen LogP contribution < -0.4 is 29.3 Å². The molecular formula is C23H30N5O4S+. The SMILES string of the molecule is COc1cc(NC(=O)c2sc3nc(C)nc(N4CC[NH+](C)CC4)c3c2C)cc(OC)c1OC. The van der Waals surface area contributed by atoms with Crippen molar-refractivity contribution in [3.05, 3.63) is 28.4 Å². The average Bonchev–Trinajstić information content (AvgIpc) is 3.14. The number of piperazine rings is 1. The van der Waals surface area contributed by atoms with E-state index in [0.29, 0.717) is 33.6 Å². The van der Waals surface area contributed by atoms with Crippen LogP contribution in [0.1, 0.15) is 21.1 Å². The average molecular weight is 473 g/mol. The molecule has 1 aromatic carbocycles. The van der Waals surface area contributed by atoms with Gasteiger partial charge < -0.3 is 29.3 Å². The Hall–Kier alpha value is -3.11. The van der Waals surface area contributed by atoms with Gasteiger partial charge in [0.15, 0.2) is 11.5 Å². The van der Waals surface area contributed by atoms with E-state index < -0.39 is 0 Å². The van der Waals surface area contributed by atoms with Crippen LogP contribution in [0.3, 0.4) is 0 Å². The smallest absolute Gasteiger partial charge is 0.266 e. The number of carbonyl (C=O) groups is 1. The van der Waals surface area contributed by atoms with Crippen LogP contribution >= 0.6 is 11.3 Å². The van der Waals surface area contributed by atoms with E-state index in [9.17, 15) is 4.79 Å². The molecule has 0 radical (unpaired) electrons. The lowest BCUT2D eigenvalue weighted by atomic mass is 10.1. The molecule has 0 aliphatic carbocycles. The molecule has 33 heavy (non-hydrogen) atoms. The molecule has 1 saturated heterocycles. The number of carbonyl (C=O) groups excluding carboxylic acids is 1. The van der Waals surface area contributed by atoms with Crippen molar-refractivity contribution in [2.45, 2.75) is 13.8 Å². The zero-order valence-corrected chi connectivity index (χ0v) is 20.7. The van der Waals surface area contributed by atoms with Crippen molar-refractivity contribution in [2.75, 3.05) is 64.8 Å². The van der Waals surface area contributed by atoms with Gasteiger partial charge >= 0.3 is 0 Å². The molecule has 1 amide bonds. The van der Waals surface area contributed by atoms with E-state index in [-0.39, 0.29) is 5.91 Å². The van der Waals surface area contributed by atoms with Crippen molar-refractivity contribution in [1.29, 1.82) is 0 Å². The molecule has 0 bridgehead atoms. The molecule has 1 fully saturated rings. The first kappa shape index (κ1) is 23.1. The molecule has 9 nitrogen and oxygen atoms in total. The van der Waals surface area contributed by atoms with Gasteiger partial charge in [0.05, 0.1) is 64.8 Å². The Kier molecular flexibility index (Phi) is 6.57. The molecule has 1 aliphatic rings. The Morgan fingerprint density at radius 2 is 1.70 bits per heavy atom. The Labute approximate surface area is 197 Å². The largest absolute Gasteiger partial charge is 0.493 e. The molecule has 10 heteroatoms. The summed E-state index contributed by atoms with van der Waals surface area (Å²) in [7, 11) is 6.84. The van der Waals surface area contributed by atoms with E-state index >= 15 is 0 Å². The van der Waals surface area contributed by atoms with Crippen LogP contribution in [-0.2, 0) is 0 Å². The highest BCUT2D eigenvalue weighted by Gasteiger charge is 2.26. The molecule has 176 valence electrons. The number of benzene rings is 1. The number of hydrogen-bond donors (Lipinski definition) is 2. The zero-order valence-electron chi connectivity index (χ0n) is 19.9. The van der Waals surface area contributed by atoms with E-state index in [1.807, 2.05) is 13.8 Å². The first-order valence-electron chi connectivity index (χ1n) is 10.8. The van der Waals surface area contributed by atoms with E-state index in [0.717, 1.165) is 47.8 Å². The fourth-order valence-corrected chi connectivity index (χ4v) is 5.22. The molecule has 1 aliphatic heterocycles. The number of hydrogen-bond acceptors (Lipinski definition) is 8. The lowest BCUT2D eigenvalue weighted by Crippen LogP contribution is -3.12. The number of methoxy groups -OCH3 is 3. The van der Waals surface area contributed by atoms with Crippen molar-refractivity contribution < 1.29 is 23.9 Å². The highest BCUT2D eigenvalue weighted by Crippen LogP contribution is 2.41. The highest BCUT2D eigenvalue weighted by molar-refractivity contribution is 7.20. The second kappa shape index (κ2) is 9.40. The number of rotatable bonds is 6. The maximum atomic E-state index is 13.3. The first-order valence-corrected chi connectivity index (χ1v) is 11.6. The van der Waals surface area contributed by atoms with Gasteiger partial charge in [-0.05, 0) is 19.4 Å². The maximum Gasteiger partial charge on any atom is 0.266 e. The van der Waals surface area contributed by atoms with E-state index in [1.54, 1.807) is 33.5 Å². The maximum absolute atomic E-state index is 13.3. The van der Waals surface area contributed by atoms with Gasteiger partial charge in [-0.2, -0.15) is 0 Å². The Bertz CT molecular complexity index is 1160. The van der Waals surface area contributed by atoms with Crippen molar-refractivity contribution >= 4 is 39.0 Å². The number of nitrogens with zero attached hydrogens (tertiary/aromatic N) is 3. The van der Waals surface area contributed by atoms with Crippen LogP contribution in [0.2, 0.25) is 0 Å². The normalized spacial score (nSPS) is 14.4. The van der Waals surface area contributed by atoms with Gasteiger partial charge in [-0.25, -0.2) is 9.97 Å². The summed E-state index contributed by atoms with van der Waals surface area (Å²) in [6.45, 7) is 7.84. The zero-order chi connectivity index (χ0) is 23.7. The molecule has 3 aromatic rings. The van der Waals surface area contributed by atoms with Gasteiger partial charge in [0, 0.05) is 17.8 Å². The Morgan fingerprint density at radius 1 is 1.06 bits per heavy atom. The predicted molar refractivity (Wildman–Crippen MR) is 130 cm³/mol. The quantitative estimate of drug-likeness (QED) is 0.567. The molecule has 0 spiro atoms. The third-order valence-corrected chi connectivity index (χ3v) is 7.11. The lowest BCUT2D eigenvalue weighted by Gasteiger charge is -2.31. The van der Waals surface area contributed by atoms with Crippen LogP contribution in [-0.4, -0.2) is 70.4 Å². The topological polar surface area (TPSA) is 90.2 Å². The standard InChI is InChI=1S/C23H29N5O4S/c1-13-18-21(28-9-7-27(3)8-10-28)24-14(2)25-23(18)33-20(13)22(29)26-15-11-16(30-4)19(32-6)17(12-15)31-5/h11-12H,7-10H2,1-6H3,(H,26,29)/p+1. The Morgan fingerprint density at radius 3 is 2.27 bits per heavy atom. The third kappa shape index (κ3) is 4.40. The summed E-state index contributed by atoms with van der Waals surface area (Å²) >= 11 is 1.39. The van der Waals surface area contributed by atoms with Gasteiger partial charge in [0.1, 0.15) is 16.5 Å². The Balaban J connectivity index is 1.70.